The molecule has 0 fully saturated rings. The van der Waals surface area contributed by atoms with Gasteiger partial charge in [0.2, 0.25) is 5.91 Å². The number of rotatable bonds is 4. The third-order valence-corrected chi connectivity index (χ3v) is 4.02. The first-order chi connectivity index (χ1) is 12.3. The van der Waals surface area contributed by atoms with Gasteiger partial charge in [-0.25, -0.2) is 0 Å². The summed E-state index contributed by atoms with van der Waals surface area (Å²) in [4.78, 5) is 12.4. The molecule has 25 heavy (non-hydrogen) atoms. The molecule has 0 unspecified atom stereocenters. The third kappa shape index (κ3) is 3.28. The van der Waals surface area contributed by atoms with Crippen molar-refractivity contribution in [1.29, 1.82) is 0 Å². The normalized spacial score (nSPS) is 10.7. The van der Waals surface area contributed by atoms with Gasteiger partial charge in [0.05, 0.1) is 12.1 Å². The predicted molar refractivity (Wildman–Crippen MR) is 98.2 cm³/mol. The molecular weight excluding hydrogens is 312 g/mol. The first-order valence-corrected chi connectivity index (χ1v) is 8.08. The van der Waals surface area contributed by atoms with Crippen molar-refractivity contribution in [3.63, 3.8) is 0 Å². The van der Waals surface area contributed by atoms with Crippen molar-refractivity contribution in [2.45, 2.75) is 6.42 Å². The van der Waals surface area contributed by atoms with Gasteiger partial charge in [-0.05, 0) is 11.5 Å². The molecule has 1 heterocycles. The lowest BCUT2D eigenvalue weighted by Gasteiger charge is -2.07. The van der Waals surface area contributed by atoms with Crippen LogP contribution in [0.3, 0.4) is 0 Å². The van der Waals surface area contributed by atoms with Crippen LogP contribution in [0.5, 0.6) is 0 Å². The predicted octanol–water partition coefficient (Wildman–Crippen LogP) is 4.68. The van der Waals surface area contributed by atoms with Crippen LogP contribution in [0.25, 0.3) is 22.1 Å². The molecule has 0 aliphatic carbocycles. The van der Waals surface area contributed by atoms with Crippen molar-refractivity contribution in [3.8, 4) is 11.3 Å². The molecule has 0 bridgehead atoms. The van der Waals surface area contributed by atoms with Crippen molar-refractivity contribution in [1.82, 2.24) is 5.16 Å². The number of fused-ring (bicyclic) bond motifs is 1. The van der Waals surface area contributed by atoms with E-state index in [1.54, 1.807) is 6.07 Å². The van der Waals surface area contributed by atoms with E-state index in [-0.39, 0.29) is 12.3 Å². The molecule has 1 N–H and O–H groups in total. The second-order valence-corrected chi connectivity index (χ2v) is 5.80. The fourth-order valence-corrected chi connectivity index (χ4v) is 2.83. The lowest BCUT2D eigenvalue weighted by molar-refractivity contribution is -0.115. The number of benzene rings is 3. The number of anilines is 1. The molecule has 0 spiro atoms. The van der Waals surface area contributed by atoms with E-state index in [1.165, 1.54) is 0 Å². The quantitative estimate of drug-likeness (QED) is 0.592. The number of carbonyl (C=O) groups excluding carboxylic acids is 1. The summed E-state index contributed by atoms with van der Waals surface area (Å²) >= 11 is 0. The molecule has 0 aliphatic rings. The number of carbonyl (C=O) groups is 1. The Kier molecular flexibility index (Phi) is 4.01. The van der Waals surface area contributed by atoms with Gasteiger partial charge in [0.1, 0.15) is 0 Å². The van der Waals surface area contributed by atoms with Crippen LogP contribution in [0.15, 0.2) is 83.4 Å². The van der Waals surface area contributed by atoms with Gasteiger partial charge in [-0.3, -0.25) is 4.79 Å². The lowest BCUT2D eigenvalue weighted by Crippen LogP contribution is -2.14. The van der Waals surface area contributed by atoms with Crippen LogP contribution in [0.4, 0.5) is 5.69 Å². The molecule has 3 aromatic carbocycles. The van der Waals surface area contributed by atoms with Crippen molar-refractivity contribution >= 4 is 22.4 Å². The summed E-state index contributed by atoms with van der Waals surface area (Å²) in [5.41, 5.74) is 2.35. The topological polar surface area (TPSA) is 55.1 Å². The minimum absolute atomic E-state index is 0.121. The van der Waals surface area contributed by atoms with Gasteiger partial charge in [0.25, 0.3) is 0 Å². The molecule has 0 saturated carbocycles. The third-order valence-electron chi connectivity index (χ3n) is 4.02. The summed E-state index contributed by atoms with van der Waals surface area (Å²) < 4.78 is 5.34. The van der Waals surface area contributed by atoms with Crippen molar-refractivity contribution < 1.29 is 9.32 Å². The SMILES string of the molecule is O=C(Cc1cc(-c2ccccc2)on1)Nc1cccc2ccccc12. The number of hydrogen-bond acceptors (Lipinski definition) is 3. The highest BCUT2D eigenvalue weighted by molar-refractivity contribution is 6.02. The van der Waals surface area contributed by atoms with E-state index in [0.29, 0.717) is 11.5 Å². The molecule has 4 heteroatoms. The van der Waals surface area contributed by atoms with Crippen LogP contribution in [0.1, 0.15) is 5.69 Å². The monoisotopic (exact) mass is 328 g/mol. The van der Waals surface area contributed by atoms with E-state index >= 15 is 0 Å². The molecule has 0 radical (unpaired) electrons. The molecule has 1 aromatic heterocycles. The van der Waals surface area contributed by atoms with Gasteiger partial charge < -0.3 is 9.84 Å². The standard InChI is InChI=1S/C21H16N2O2/c24-21(22-19-12-6-10-15-7-4-5-11-18(15)19)14-17-13-20(25-23-17)16-8-2-1-3-9-16/h1-13H,14H2,(H,22,24). The molecule has 4 rings (SSSR count). The average molecular weight is 328 g/mol. The number of aromatic nitrogens is 1. The fraction of sp³-hybridized carbons (Fsp3) is 0.0476. The van der Waals surface area contributed by atoms with Gasteiger partial charge in [-0.15, -0.1) is 0 Å². The maximum Gasteiger partial charge on any atom is 0.230 e. The summed E-state index contributed by atoms with van der Waals surface area (Å²) in [5.74, 6) is 0.540. The van der Waals surface area contributed by atoms with E-state index in [2.05, 4.69) is 10.5 Å². The maximum atomic E-state index is 12.4. The zero-order valence-corrected chi connectivity index (χ0v) is 13.5. The summed E-state index contributed by atoms with van der Waals surface area (Å²) in [7, 11) is 0. The van der Waals surface area contributed by atoms with E-state index < -0.39 is 0 Å². The molecule has 122 valence electrons. The van der Waals surface area contributed by atoms with Gasteiger partial charge in [-0.2, -0.15) is 0 Å². The second kappa shape index (κ2) is 6.61. The molecular formula is C21H16N2O2. The highest BCUT2D eigenvalue weighted by Gasteiger charge is 2.11. The molecule has 0 aliphatic heterocycles. The summed E-state index contributed by atoms with van der Waals surface area (Å²) in [6, 6.07) is 25.3. The lowest BCUT2D eigenvalue weighted by atomic mass is 10.1. The van der Waals surface area contributed by atoms with Crippen LogP contribution < -0.4 is 5.32 Å². The maximum absolute atomic E-state index is 12.4. The largest absolute Gasteiger partial charge is 0.356 e. The molecule has 4 aromatic rings. The van der Waals surface area contributed by atoms with Gasteiger partial charge in [0.15, 0.2) is 5.76 Å². The molecule has 0 atom stereocenters. The minimum Gasteiger partial charge on any atom is -0.356 e. The highest BCUT2D eigenvalue weighted by Crippen LogP contribution is 2.24. The number of nitrogens with zero attached hydrogens (tertiary/aromatic N) is 1. The first-order valence-electron chi connectivity index (χ1n) is 8.08. The van der Waals surface area contributed by atoms with Gasteiger partial charge in [-0.1, -0.05) is 71.9 Å². The average Bonchev–Trinajstić information content (AvgIpc) is 3.11. The Hall–Kier alpha value is -3.40. The number of amides is 1. The zero-order valence-electron chi connectivity index (χ0n) is 13.5. The highest BCUT2D eigenvalue weighted by atomic mass is 16.5. The molecule has 1 amide bonds. The van der Waals surface area contributed by atoms with Crippen molar-refractivity contribution in [2.75, 3.05) is 5.32 Å². The van der Waals surface area contributed by atoms with Gasteiger partial charge >= 0.3 is 0 Å². The Bertz CT molecular complexity index is 1020. The van der Waals surface area contributed by atoms with Gasteiger partial charge in [0, 0.05) is 22.7 Å². The van der Waals surface area contributed by atoms with Crippen LogP contribution in [-0.2, 0) is 11.2 Å². The Morgan fingerprint density at radius 3 is 2.56 bits per heavy atom. The van der Waals surface area contributed by atoms with Crippen molar-refractivity contribution in [3.05, 3.63) is 84.6 Å². The van der Waals surface area contributed by atoms with E-state index in [4.69, 9.17) is 4.52 Å². The molecule has 0 saturated heterocycles. The van der Waals surface area contributed by atoms with E-state index in [1.807, 2.05) is 72.8 Å². The molecule has 4 nitrogen and oxygen atoms in total. The number of nitrogens with one attached hydrogen (secondary N) is 1. The number of hydrogen-bond donors (Lipinski definition) is 1. The van der Waals surface area contributed by atoms with Crippen LogP contribution in [0.2, 0.25) is 0 Å². The minimum atomic E-state index is -0.121. The van der Waals surface area contributed by atoms with Crippen molar-refractivity contribution in [2.24, 2.45) is 0 Å². The smallest absolute Gasteiger partial charge is 0.230 e. The zero-order chi connectivity index (χ0) is 17.1. The second-order valence-electron chi connectivity index (χ2n) is 5.80. The van der Waals surface area contributed by atoms with E-state index in [9.17, 15) is 4.79 Å². The Morgan fingerprint density at radius 1 is 0.920 bits per heavy atom. The summed E-state index contributed by atoms with van der Waals surface area (Å²) in [6.07, 6.45) is 0.166. The Balaban J connectivity index is 1.50. The fourth-order valence-electron chi connectivity index (χ4n) is 2.83. The van der Waals surface area contributed by atoms with Crippen LogP contribution in [0, 0.1) is 0 Å². The van der Waals surface area contributed by atoms with E-state index in [0.717, 1.165) is 22.0 Å². The summed E-state index contributed by atoms with van der Waals surface area (Å²) in [6.45, 7) is 0. The Morgan fingerprint density at radius 2 is 1.68 bits per heavy atom. The Labute approximate surface area is 145 Å². The van der Waals surface area contributed by atoms with Crippen LogP contribution in [-0.4, -0.2) is 11.1 Å². The van der Waals surface area contributed by atoms with Crippen LogP contribution >= 0.6 is 0 Å². The first kappa shape index (κ1) is 15.1. The summed E-state index contributed by atoms with van der Waals surface area (Å²) in [5, 5.41) is 9.07.